The predicted octanol–water partition coefficient (Wildman–Crippen LogP) is 3.98. The van der Waals surface area contributed by atoms with Crippen molar-refractivity contribution >= 4 is 29.3 Å². The second-order valence-corrected chi connectivity index (χ2v) is 6.08. The van der Waals surface area contributed by atoms with Gasteiger partial charge in [-0.05, 0) is 38.9 Å². The molecule has 1 heterocycles. The van der Waals surface area contributed by atoms with Gasteiger partial charge in [-0.2, -0.15) is 0 Å². The normalized spacial score (nSPS) is 12.2. The largest absolute Gasteiger partial charge is 0.459 e. The Balaban J connectivity index is 0.00000264. The Labute approximate surface area is 144 Å². The Morgan fingerprint density at radius 1 is 1.26 bits per heavy atom. The van der Waals surface area contributed by atoms with E-state index in [-0.39, 0.29) is 30.3 Å². The first-order valence-electron chi connectivity index (χ1n) is 7.96. The highest BCUT2D eigenvalue weighted by molar-refractivity contribution is 5.85. The van der Waals surface area contributed by atoms with Crippen LogP contribution in [0.4, 0.5) is 0 Å². The number of amides is 1. The standard InChI is InChI=1S/C18H26N2O2.ClH/c1-12(2)17(20-16(21)10-7-11-19-4)18-13(3)14-8-5-6-9-15(14)22-18;/h5-6,8-9,12,17,19H,7,10-11H2,1-4H3,(H,20,21);1H. The van der Waals surface area contributed by atoms with Crippen molar-refractivity contribution in [3.05, 3.63) is 35.6 Å². The minimum Gasteiger partial charge on any atom is -0.459 e. The Hall–Kier alpha value is -1.52. The van der Waals surface area contributed by atoms with E-state index in [4.69, 9.17) is 4.42 Å². The Bertz CT molecular complexity index is 637. The number of aryl methyl sites for hydroxylation is 1. The maximum Gasteiger partial charge on any atom is 0.220 e. The summed E-state index contributed by atoms with van der Waals surface area (Å²) in [6.07, 6.45) is 1.37. The molecule has 0 saturated carbocycles. The number of carbonyl (C=O) groups excluding carboxylic acids is 1. The summed E-state index contributed by atoms with van der Waals surface area (Å²) in [6.45, 7) is 7.11. The zero-order valence-electron chi connectivity index (χ0n) is 14.3. The fraction of sp³-hybridized carbons (Fsp3) is 0.500. The molecule has 128 valence electrons. The van der Waals surface area contributed by atoms with E-state index in [0.29, 0.717) is 6.42 Å². The van der Waals surface area contributed by atoms with Crippen LogP contribution in [0.2, 0.25) is 0 Å². The number of hydrogen-bond donors (Lipinski definition) is 2. The molecule has 1 atom stereocenters. The summed E-state index contributed by atoms with van der Waals surface area (Å²) in [5.41, 5.74) is 2.00. The molecule has 2 rings (SSSR count). The van der Waals surface area contributed by atoms with E-state index in [1.165, 1.54) is 0 Å². The van der Waals surface area contributed by atoms with Crippen LogP contribution in [-0.4, -0.2) is 19.5 Å². The fourth-order valence-corrected chi connectivity index (χ4v) is 2.70. The number of hydrogen-bond acceptors (Lipinski definition) is 3. The van der Waals surface area contributed by atoms with Crippen LogP contribution in [0.5, 0.6) is 0 Å². The van der Waals surface area contributed by atoms with Crippen LogP contribution in [0.1, 0.15) is 44.1 Å². The van der Waals surface area contributed by atoms with Gasteiger partial charge in [-0.3, -0.25) is 4.79 Å². The Kier molecular flexibility index (Phi) is 7.59. The summed E-state index contributed by atoms with van der Waals surface area (Å²) >= 11 is 0. The van der Waals surface area contributed by atoms with Gasteiger partial charge in [-0.15, -0.1) is 12.4 Å². The molecule has 0 saturated heterocycles. The van der Waals surface area contributed by atoms with Gasteiger partial charge in [-0.1, -0.05) is 32.0 Å². The number of para-hydroxylation sites is 1. The highest BCUT2D eigenvalue weighted by Gasteiger charge is 2.24. The van der Waals surface area contributed by atoms with E-state index in [1.54, 1.807) is 0 Å². The zero-order chi connectivity index (χ0) is 16.1. The van der Waals surface area contributed by atoms with Crippen molar-refractivity contribution < 1.29 is 9.21 Å². The number of fused-ring (bicyclic) bond motifs is 1. The van der Waals surface area contributed by atoms with Gasteiger partial charge >= 0.3 is 0 Å². The summed E-state index contributed by atoms with van der Waals surface area (Å²) in [5, 5.41) is 7.31. The topological polar surface area (TPSA) is 54.3 Å². The number of benzene rings is 1. The fourth-order valence-electron chi connectivity index (χ4n) is 2.70. The molecule has 1 aromatic heterocycles. The average molecular weight is 339 g/mol. The van der Waals surface area contributed by atoms with Crippen molar-refractivity contribution in [1.82, 2.24) is 10.6 Å². The molecular weight excluding hydrogens is 312 g/mol. The van der Waals surface area contributed by atoms with E-state index in [2.05, 4.69) is 37.5 Å². The predicted molar refractivity (Wildman–Crippen MR) is 97.1 cm³/mol. The lowest BCUT2D eigenvalue weighted by Crippen LogP contribution is -2.32. The van der Waals surface area contributed by atoms with E-state index in [1.807, 2.05) is 25.2 Å². The van der Waals surface area contributed by atoms with Gasteiger partial charge in [0.15, 0.2) is 0 Å². The molecule has 2 aromatic rings. The highest BCUT2D eigenvalue weighted by atomic mass is 35.5. The molecular formula is C18H27ClN2O2. The number of rotatable bonds is 7. The first kappa shape index (κ1) is 19.5. The molecule has 0 bridgehead atoms. The third kappa shape index (κ3) is 4.72. The van der Waals surface area contributed by atoms with E-state index < -0.39 is 0 Å². The van der Waals surface area contributed by atoms with E-state index >= 15 is 0 Å². The maximum atomic E-state index is 12.2. The van der Waals surface area contributed by atoms with Gasteiger partial charge in [0.05, 0.1) is 6.04 Å². The van der Waals surface area contributed by atoms with Crippen molar-refractivity contribution in [2.75, 3.05) is 13.6 Å². The molecule has 4 nitrogen and oxygen atoms in total. The summed E-state index contributed by atoms with van der Waals surface area (Å²) < 4.78 is 6.02. The molecule has 5 heteroatoms. The molecule has 0 spiro atoms. The maximum absolute atomic E-state index is 12.2. The number of carbonyl (C=O) groups is 1. The molecule has 0 aliphatic carbocycles. The molecule has 0 radical (unpaired) electrons. The molecule has 0 fully saturated rings. The second kappa shape index (κ2) is 8.94. The lowest BCUT2D eigenvalue weighted by molar-refractivity contribution is -0.122. The van der Waals surface area contributed by atoms with Gasteiger partial charge in [0.25, 0.3) is 0 Å². The summed E-state index contributed by atoms with van der Waals surface area (Å²) in [5.74, 6) is 1.22. The van der Waals surface area contributed by atoms with Crippen molar-refractivity contribution in [3.63, 3.8) is 0 Å². The van der Waals surface area contributed by atoms with Gasteiger partial charge < -0.3 is 15.1 Å². The first-order chi connectivity index (χ1) is 10.5. The zero-order valence-corrected chi connectivity index (χ0v) is 15.1. The van der Waals surface area contributed by atoms with Crippen molar-refractivity contribution in [1.29, 1.82) is 0 Å². The summed E-state index contributed by atoms with van der Waals surface area (Å²) in [6, 6.07) is 7.92. The van der Waals surface area contributed by atoms with Crippen LogP contribution in [-0.2, 0) is 4.79 Å². The third-order valence-electron chi connectivity index (χ3n) is 3.98. The third-order valence-corrected chi connectivity index (χ3v) is 3.98. The molecule has 0 aliphatic rings. The van der Waals surface area contributed by atoms with Crippen LogP contribution in [0.15, 0.2) is 28.7 Å². The molecule has 1 amide bonds. The second-order valence-electron chi connectivity index (χ2n) is 6.08. The molecule has 2 N–H and O–H groups in total. The SMILES string of the molecule is CNCCCC(=O)NC(c1oc2ccccc2c1C)C(C)C.Cl. The van der Waals surface area contributed by atoms with Crippen molar-refractivity contribution in [2.45, 2.75) is 39.7 Å². The molecule has 1 aromatic carbocycles. The average Bonchev–Trinajstić information content (AvgIpc) is 2.82. The van der Waals surface area contributed by atoms with Crippen LogP contribution < -0.4 is 10.6 Å². The lowest BCUT2D eigenvalue weighted by Gasteiger charge is -2.21. The van der Waals surface area contributed by atoms with Gasteiger partial charge in [0.1, 0.15) is 11.3 Å². The summed E-state index contributed by atoms with van der Waals surface area (Å²) in [7, 11) is 1.90. The molecule has 1 unspecified atom stereocenters. The van der Waals surface area contributed by atoms with Crippen molar-refractivity contribution in [2.24, 2.45) is 5.92 Å². The van der Waals surface area contributed by atoms with E-state index in [0.717, 1.165) is 35.3 Å². The monoisotopic (exact) mass is 338 g/mol. The van der Waals surface area contributed by atoms with Crippen LogP contribution >= 0.6 is 12.4 Å². The minimum absolute atomic E-state index is 0. The smallest absolute Gasteiger partial charge is 0.220 e. The van der Waals surface area contributed by atoms with Crippen LogP contribution in [0, 0.1) is 12.8 Å². The Morgan fingerprint density at radius 3 is 2.57 bits per heavy atom. The van der Waals surface area contributed by atoms with Crippen molar-refractivity contribution in [3.8, 4) is 0 Å². The first-order valence-corrected chi connectivity index (χ1v) is 7.96. The molecule has 0 aliphatic heterocycles. The summed E-state index contributed by atoms with van der Waals surface area (Å²) in [4.78, 5) is 12.2. The lowest BCUT2D eigenvalue weighted by atomic mass is 9.98. The van der Waals surface area contributed by atoms with Gasteiger partial charge in [-0.25, -0.2) is 0 Å². The van der Waals surface area contributed by atoms with Gasteiger partial charge in [0, 0.05) is 17.4 Å². The van der Waals surface area contributed by atoms with E-state index in [9.17, 15) is 4.79 Å². The molecule has 23 heavy (non-hydrogen) atoms. The minimum atomic E-state index is -0.0884. The highest BCUT2D eigenvalue weighted by Crippen LogP contribution is 2.32. The number of nitrogens with one attached hydrogen (secondary N) is 2. The van der Waals surface area contributed by atoms with Crippen LogP contribution in [0.3, 0.4) is 0 Å². The number of halogens is 1. The number of furan rings is 1. The quantitative estimate of drug-likeness (QED) is 0.751. The van der Waals surface area contributed by atoms with Crippen LogP contribution in [0.25, 0.3) is 11.0 Å². The van der Waals surface area contributed by atoms with Gasteiger partial charge in [0.2, 0.25) is 5.91 Å². The Morgan fingerprint density at radius 2 is 1.96 bits per heavy atom.